The summed E-state index contributed by atoms with van der Waals surface area (Å²) in [6.07, 6.45) is 5.74. The van der Waals surface area contributed by atoms with Gasteiger partial charge in [-0.25, -0.2) is 12.8 Å². The van der Waals surface area contributed by atoms with E-state index in [1.807, 2.05) is 6.92 Å². The molecule has 1 aliphatic rings. The molecule has 0 saturated heterocycles. The molecule has 31 heavy (non-hydrogen) atoms. The largest absolute Gasteiger partial charge is 0.378 e. The van der Waals surface area contributed by atoms with Crippen molar-refractivity contribution in [2.75, 3.05) is 17.9 Å². The van der Waals surface area contributed by atoms with E-state index in [1.54, 1.807) is 0 Å². The fourth-order valence-electron chi connectivity index (χ4n) is 3.96. The number of halogens is 1. The maximum atomic E-state index is 13.7. The van der Waals surface area contributed by atoms with Crippen LogP contribution in [-0.4, -0.2) is 33.6 Å². The van der Waals surface area contributed by atoms with Crippen molar-refractivity contribution in [3.8, 4) is 0 Å². The number of amides is 1. The van der Waals surface area contributed by atoms with Gasteiger partial charge in [0.05, 0.1) is 16.7 Å². The van der Waals surface area contributed by atoms with Crippen molar-refractivity contribution in [2.24, 2.45) is 5.92 Å². The molecule has 0 heterocycles. The fourth-order valence-corrected chi connectivity index (χ4v) is 5.03. The molecule has 8 heteroatoms. The zero-order valence-corrected chi connectivity index (χ0v) is 18.5. The quantitative estimate of drug-likeness (QED) is 0.566. The lowest BCUT2D eigenvalue weighted by Gasteiger charge is -2.23. The van der Waals surface area contributed by atoms with Gasteiger partial charge in [0.15, 0.2) is 0 Å². The number of hydrogen-bond donors (Lipinski definition) is 2. The Morgan fingerprint density at radius 1 is 1.13 bits per heavy atom. The zero-order chi connectivity index (χ0) is 22.3. The second kappa shape index (κ2) is 10.7. The monoisotopic (exact) mass is 448 g/mol. The number of nitrogens with one attached hydrogen (secondary N) is 2. The lowest BCUT2D eigenvalue weighted by molar-refractivity contribution is 0.0163. The number of hydrogen-bond acceptors (Lipinski definition) is 4. The maximum Gasteiger partial charge on any atom is 0.261 e. The van der Waals surface area contributed by atoms with Crippen molar-refractivity contribution < 1.29 is 22.3 Å². The number of ether oxygens (including phenoxy) is 1. The molecule has 1 aliphatic carbocycles. The number of carbonyl (C=O) groups excluding carboxylic acids is 1. The second-order valence-corrected chi connectivity index (χ2v) is 9.38. The van der Waals surface area contributed by atoms with E-state index in [0.717, 1.165) is 6.42 Å². The summed E-state index contributed by atoms with van der Waals surface area (Å²) in [5, 5.41) is 2.88. The van der Waals surface area contributed by atoms with Gasteiger partial charge in [-0.1, -0.05) is 25.0 Å². The molecular weight excluding hydrogens is 419 g/mol. The predicted octanol–water partition coefficient (Wildman–Crippen LogP) is 4.34. The summed E-state index contributed by atoms with van der Waals surface area (Å²) in [5.41, 5.74) is 0.231. The molecule has 1 saturated carbocycles. The normalized spacial score (nSPS) is 15.5. The van der Waals surface area contributed by atoms with Crippen LogP contribution in [0.25, 0.3) is 0 Å². The van der Waals surface area contributed by atoms with E-state index < -0.39 is 15.8 Å². The topological polar surface area (TPSA) is 84.5 Å². The van der Waals surface area contributed by atoms with Crippen molar-refractivity contribution >= 4 is 21.6 Å². The second-order valence-electron chi connectivity index (χ2n) is 7.69. The van der Waals surface area contributed by atoms with Crippen LogP contribution in [0.4, 0.5) is 10.1 Å². The summed E-state index contributed by atoms with van der Waals surface area (Å²) < 4.78 is 46.8. The molecule has 2 aromatic rings. The van der Waals surface area contributed by atoms with Crippen LogP contribution in [-0.2, 0) is 14.8 Å². The van der Waals surface area contributed by atoms with Crippen molar-refractivity contribution in [3.63, 3.8) is 0 Å². The Balaban J connectivity index is 1.56. The SMILES string of the molecule is CCO[C@H](CCNC(=O)c1ccc(S(=O)(=O)Nc2ccccc2F)cc1)C1CCCC1. The van der Waals surface area contributed by atoms with Crippen LogP contribution in [0, 0.1) is 11.7 Å². The van der Waals surface area contributed by atoms with Gasteiger partial charge in [0, 0.05) is 18.7 Å². The Hall–Kier alpha value is -2.45. The Morgan fingerprint density at radius 3 is 2.45 bits per heavy atom. The first-order valence-corrected chi connectivity index (χ1v) is 12.2. The highest BCUT2D eigenvalue weighted by Crippen LogP contribution is 2.30. The minimum atomic E-state index is -3.96. The molecule has 168 valence electrons. The lowest BCUT2D eigenvalue weighted by Crippen LogP contribution is -2.31. The summed E-state index contributed by atoms with van der Waals surface area (Å²) >= 11 is 0. The van der Waals surface area contributed by atoms with Crippen LogP contribution in [0.1, 0.15) is 49.4 Å². The maximum absolute atomic E-state index is 13.7. The molecule has 0 aromatic heterocycles. The van der Waals surface area contributed by atoms with E-state index in [1.165, 1.54) is 74.2 Å². The molecule has 2 N–H and O–H groups in total. The van der Waals surface area contributed by atoms with Gasteiger partial charge in [0.2, 0.25) is 0 Å². The van der Waals surface area contributed by atoms with Crippen LogP contribution >= 0.6 is 0 Å². The van der Waals surface area contributed by atoms with Crippen molar-refractivity contribution in [1.82, 2.24) is 5.32 Å². The number of para-hydroxylation sites is 1. The Morgan fingerprint density at radius 2 is 1.81 bits per heavy atom. The first kappa shape index (κ1) is 23.2. The third-order valence-electron chi connectivity index (χ3n) is 5.57. The van der Waals surface area contributed by atoms with Gasteiger partial charge in [-0.15, -0.1) is 0 Å². The molecule has 3 rings (SSSR count). The number of anilines is 1. The number of sulfonamides is 1. The van der Waals surface area contributed by atoms with Crippen molar-refractivity contribution in [1.29, 1.82) is 0 Å². The summed E-state index contributed by atoms with van der Waals surface area (Å²) in [6.45, 7) is 3.14. The summed E-state index contributed by atoms with van der Waals surface area (Å²) in [6, 6.07) is 11.1. The highest BCUT2D eigenvalue weighted by molar-refractivity contribution is 7.92. The first-order valence-electron chi connectivity index (χ1n) is 10.7. The molecule has 0 radical (unpaired) electrons. The highest BCUT2D eigenvalue weighted by Gasteiger charge is 2.25. The van der Waals surface area contributed by atoms with Gasteiger partial charge in [-0.3, -0.25) is 9.52 Å². The van der Waals surface area contributed by atoms with E-state index in [4.69, 9.17) is 4.74 Å². The molecule has 0 aliphatic heterocycles. The van der Waals surface area contributed by atoms with Gasteiger partial charge in [0.25, 0.3) is 15.9 Å². The summed E-state index contributed by atoms with van der Waals surface area (Å²) in [5.74, 6) is -0.374. The smallest absolute Gasteiger partial charge is 0.261 e. The molecule has 0 bridgehead atoms. The van der Waals surface area contributed by atoms with E-state index in [0.29, 0.717) is 24.6 Å². The predicted molar refractivity (Wildman–Crippen MR) is 118 cm³/mol. The van der Waals surface area contributed by atoms with Gasteiger partial charge in [-0.2, -0.15) is 0 Å². The van der Waals surface area contributed by atoms with Gasteiger partial charge in [0.1, 0.15) is 5.82 Å². The van der Waals surface area contributed by atoms with Crippen LogP contribution < -0.4 is 10.0 Å². The average Bonchev–Trinajstić information content (AvgIpc) is 3.29. The number of benzene rings is 2. The lowest BCUT2D eigenvalue weighted by atomic mass is 9.98. The van der Waals surface area contributed by atoms with E-state index in [2.05, 4.69) is 10.0 Å². The molecule has 6 nitrogen and oxygen atoms in total. The fraction of sp³-hybridized carbons (Fsp3) is 0.435. The van der Waals surface area contributed by atoms with E-state index in [-0.39, 0.29) is 22.6 Å². The van der Waals surface area contributed by atoms with Crippen molar-refractivity contribution in [2.45, 2.75) is 50.0 Å². The van der Waals surface area contributed by atoms with E-state index >= 15 is 0 Å². The molecule has 1 amide bonds. The molecule has 0 unspecified atom stereocenters. The Labute approximate surface area is 183 Å². The molecular formula is C23H29FN2O4S. The van der Waals surface area contributed by atoms with Crippen LogP contribution in [0.15, 0.2) is 53.4 Å². The minimum Gasteiger partial charge on any atom is -0.378 e. The highest BCUT2D eigenvalue weighted by atomic mass is 32.2. The van der Waals surface area contributed by atoms with Gasteiger partial charge < -0.3 is 10.1 Å². The molecule has 1 atom stereocenters. The Kier molecular flexibility index (Phi) is 8.03. The summed E-state index contributed by atoms with van der Waals surface area (Å²) in [4.78, 5) is 12.4. The molecule has 2 aromatic carbocycles. The third kappa shape index (κ3) is 6.27. The van der Waals surface area contributed by atoms with Crippen LogP contribution in [0.2, 0.25) is 0 Å². The number of carbonyl (C=O) groups is 1. The Bertz CT molecular complexity index is 973. The van der Waals surface area contributed by atoms with Crippen LogP contribution in [0.3, 0.4) is 0 Å². The molecule has 0 spiro atoms. The number of rotatable bonds is 10. The third-order valence-corrected chi connectivity index (χ3v) is 6.95. The van der Waals surface area contributed by atoms with E-state index in [9.17, 15) is 17.6 Å². The van der Waals surface area contributed by atoms with Crippen molar-refractivity contribution in [3.05, 3.63) is 59.9 Å². The van der Waals surface area contributed by atoms with Gasteiger partial charge >= 0.3 is 0 Å². The van der Waals surface area contributed by atoms with Crippen LogP contribution in [0.5, 0.6) is 0 Å². The summed E-state index contributed by atoms with van der Waals surface area (Å²) in [7, 11) is -3.96. The standard InChI is InChI=1S/C23H29FN2O4S/c1-2-30-22(17-7-3-4-8-17)15-16-25-23(27)18-11-13-19(14-12-18)31(28,29)26-21-10-6-5-9-20(21)24/h5-6,9-14,17,22,26H,2-4,7-8,15-16H2,1H3,(H,25,27)/t22-/m1/s1. The average molecular weight is 449 g/mol. The zero-order valence-electron chi connectivity index (χ0n) is 17.6. The minimum absolute atomic E-state index is 0.0510. The first-order chi connectivity index (χ1) is 14.9. The molecule has 1 fully saturated rings. The van der Waals surface area contributed by atoms with Gasteiger partial charge in [-0.05, 0) is 68.5 Å².